The van der Waals surface area contributed by atoms with E-state index in [1.165, 1.54) is 6.92 Å². The first-order chi connectivity index (χ1) is 6.43. The van der Waals surface area contributed by atoms with Crippen molar-refractivity contribution in [2.75, 3.05) is 6.54 Å². The number of nitrogens with one attached hydrogen (secondary N) is 1. The van der Waals surface area contributed by atoms with Crippen LogP contribution in [-0.2, 0) is 14.4 Å². The van der Waals surface area contributed by atoms with E-state index >= 15 is 0 Å². The second kappa shape index (κ2) is 3.65. The Hall–Kier alpha value is -1.59. The number of amides is 1. The van der Waals surface area contributed by atoms with Gasteiger partial charge in [0.15, 0.2) is 11.3 Å². The molecular weight excluding hydrogens is 188 g/mol. The van der Waals surface area contributed by atoms with Gasteiger partial charge in [0.05, 0.1) is 6.54 Å². The maximum atomic E-state index is 10.6. The lowest BCUT2D eigenvalue weighted by Gasteiger charge is -2.20. The summed E-state index contributed by atoms with van der Waals surface area (Å²) in [6.07, 6.45) is 0.197. The van der Waals surface area contributed by atoms with E-state index in [9.17, 15) is 9.59 Å². The monoisotopic (exact) mass is 200 g/mol. The molecule has 0 saturated heterocycles. The summed E-state index contributed by atoms with van der Waals surface area (Å²) in [5, 5.41) is 14.6. The van der Waals surface area contributed by atoms with Crippen LogP contribution in [0.5, 0.6) is 0 Å². The Bertz CT molecular complexity index is 300. The second-order valence-corrected chi connectivity index (χ2v) is 3.47. The zero-order chi connectivity index (χ0) is 10.8. The van der Waals surface area contributed by atoms with E-state index < -0.39 is 11.6 Å². The topological polar surface area (TPSA) is 88.0 Å². The van der Waals surface area contributed by atoms with Gasteiger partial charge in [0.2, 0.25) is 5.91 Å². The summed E-state index contributed by atoms with van der Waals surface area (Å²) in [5.41, 5.74) is -0.753. The van der Waals surface area contributed by atoms with E-state index in [1.54, 1.807) is 6.92 Å². The van der Waals surface area contributed by atoms with Gasteiger partial charge in [0, 0.05) is 13.3 Å². The first kappa shape index (κ1) is 10.5. The number of carbonyl (C=O) groups is 2. The first-order valence-electron chi connectivity index (χ1n) is 4.16. The predicted octanol–water partition coefficient (Wildman–Crippen LogP) is -0.258. The molecule has 0 spiro atoms. The fourth-order valence-corrected chi connectivity index (χ4v) is 1.10. The fraction of sp³-hybridized carbons (Fsp3) is 0.625. The highest BCUT2D eigenvalue weighted by atomic mass is 16.7. The van der Waals surface area contributed by atoms with Crippen LogP contribution in [0.1, 0.15) is 20.3 Å². The summed E-state index contributed by atoms with van der Waals surface area (Å²) >= 11 is 0. The molecule has 0 aromatic heterocycles. The number of hydrogen-bond donors (Lipinski definition) is 2. The largest absolute Gasteiger partial charge is 0.477 e. The lowest BCUT2D eigenvalue weighted by molar-refractivity contribution is -0.129. The minimum Gasteiger partial charge on any atom is -0.477 e. The van der Waals surface area contributed by atoms with Gasteiger partial charge >= 0.3 is 5.97 Å². The van der Waals surface area contributed by atoms with Crippen LogP contribution in [0, 0.1) is 0 Å². The van der Waals surface area contributed by atoms with Crippen molar-refractivity contribution in [2.45, 2.75) is 25.9 Å². The maximum Gasteiger partial charge on any atom is 0.353 e. The number of oxime groups is 1. The van der Waals surface area contributed by atoms with Crippen molar-refractivity contribution in [2.24, 2.45) is 5.16 Å². The summed E-state index contributed by atoms with van der Waals surface area (Å²) in [4.78, 5) is 26.1. The molecule has 1 aliphatic rings. The van der Waals surface area contributed by atoms with Gasteiger partial charge in [-0.3, -0.25) is 4.79 Å². The summed E-state index contributed by atoms with van der Waals surface area (Å²) in [5.74, 6) is -1.27. The van der Waals surface area contributed by atoms with Crippen LogP contribution >= 0.6 is 0 Å². The molecule has 14 heavy (non-hydrogen) atoms. The van der Waals surface area contributed by atoms with Gasteiger partial charge in [-0.1, -0.05) is 5.16 Å². The summed E-state index contributed by atoms with van der Waals surface area (Å²) < 4.78 is 0. The highest BCUT2D eigenvalue weighted by Gasteiger charge is 2.37. The maximum absolute atomic E-state index is 10.6. The molecule has 6 nitrogen and oxygen atoms in total. The molecule has 78 valence electrons. The number of carbonyl (C=O) groups excluding carboxylic acids is 1. The van der Waals surface area contributed by atoms with E-state index in [-0.39, 0.29) is 24.6 Å². The van der Waals surface area contributed by atoms with Gasteiger partial charge < -0.3 is 15.3 Å². The van der Waals surface area contributed by atoms with Crippen molar-refractivity contribution in [3.63, 3.8) is 0 Å². The molecular formula is C8H12N2O4. The van der Waals surface area contributed by atoms with Gasteiger partial charge in [0.1, 0.15) is 0 Å². The van der Waals surface area contributed by atoms with Crippen molar-refractivity contribution in [3.8, 4) is 0 Å². The molecule has 1 atom stereocenters. The number of rotatable bonds is 3. The van der Waals surface area contributed by atoms with Crippen LogP contribution in [0.4, 0.5) is 0 Å². The van der Waals surface area contributed by atoms with Gasteiger partial charge in [-0.15, -0.1) is 0 Å². The molecule has 0 aromatic carbocycles. The Labute approximate surface area is 80.9 Å². The van der Waals surface area contributed by atoms with Crippen LogP contribution in [0.3, 0.4) is 0 Å². The van der Waals surface area contributed by atoms with Gasteiger partial charge in [-0.25, -0.2) is 4.79 Å². The number of hydrogen-bond acceptors (Lipinski definition) is 4. The second-order valence-electron chi connectivity index (χ2n) is 3.47. The quantitative estimate of drug-likeness (QED) is 0.657. The van der Waals surface area contributed by atoms with Crippen molar-refractivity contribution in [3.05, 3.63) is 0 Å². The molecule has 0 radical (unpaired) electrons. The third-order valence-corrected chi connectivity index (χ3v) is 1.88. The van der Waals surface area contributed by atoms with Crippen molar-refractivity contribution in [1.82, 2.24) is 5.32 Å². The molecule has 2 N–H and O–H groups in total. The van der Waals surface area contributed by atoms with Crippen LogP contribution in [0.15, 0.2) is 5.16 Å². The fourth-order valence-electron chi connectivity index (χ4n) is 1.10. The number of carboxylic acids is 1. The molecule has 0 aromatic rings. The van der Waals surface area contributed by atoms with E-state index in [0.29, 0.717) is 0 Å². The van der Waals surface area contributed by atoms with Gasteiger partial charge in [-0.05, 0) is 6.92 Å². The van der Waals surface area contributed by atoms with Crippen LogP contribution in [0.25, 0.3) is 0 Å². The van der Waals surface area contributed by atoms with E-state index in [1.807, 2.05) is 0 Å². The van der Waals surface area contributed by atoms with Crippen molar-refractivity contribution < 1.29 is 19.5 Å². The summed E-state index contributed by atoms with van der Waals surface area (Å²) in [6, 6.07) is 0. The highest BCUT2D eigenvalue weighted by molar-refractivity contribution is 6.36. The van der Waals surface area contributed by atoms with E-state index in [4.69, 9.17) is 9.94 Å². The van der Waals surface area contributed by atoms with E-state index in [0.717, 1.165) is 0 Å². The SMILES string of the molecule is CC(=O)NCC1(C)CC(C(=O)O)=NO1. The third-order valence-electron chi connectivity index (χ3n) is 1.88. The van der Waals surface area contributed by atoms with Crippen molar-refractivity contribution >= 4 is 17.6 Å². The molecule has 1 aliphatic heterocycles. The normalized spacial score (nSPS) is 25.1. The Morgan fingerprint density at radius 3 is 2.79 bits per heavy atom. The standard InChI is InChI=1S/C8H12N2O4/c1-5(11)9-4-8(2)3-6(7(12)13)10-14-8/h3-4H2,1-2H3,(H,9,11)(H,12,13). The van der Waals surface area contributed by atoms with E-state index in [2.05, 4.69) is 10.5 Å². The summed E-state index contributed by atoms with van der Waals surface area (Å²) in [6.45, 7) is 3.34. The predicted molar refractivity (Wildman–Crippen MR) is 47.9 cm³/mol. The molecule has 1 heterocycles. The van der Waals surface area contributed by atoms with Crippen LogP contribution < -0.4 is 5.32 Å². The number of carboxylic acid groups (broad SMARTS) is 1. The highest BCUT2D eigenvalue weighted by Crippen LogP contribution is 2.22. The lowest BCUT2D eigenvalue weighted by Crippen LogP contribution is -2.40. The minimum atomic E-state index is -1.09. The molecule has 1 amide bonds. The molecule has 0 aliphatic carbocycles. The Morgan fingerprint density at radius 1 is 1.71 bits per heavy atom. The molecule has 1 rings (SSSR count). The Morgan fingerprint density at radius 2 is 2.36 bits per heavy atom. The van der Waals surface area contributed by atoms with Crippen LogP contribution in [-0.4, -0.2) is 34.8 Å². The molecule has 0 bridgehead atoms. The Balaban J connectivity index is 2.49. The molecule has 6 heteroatoms. The number of nitrogens with zero attached hydrogens (tertiary/aromatic N) is 1. The average Bonchev–Trinajstić information content (AvgIpc) is 2.46. The van der Waals surface area contributed by atoms with Gasteiger partial charge in [-0.2, -0.15) is 0 Å². The average molecular weight is 200 g/mol. The number of aliphatic carboxylic acids is 1. The van der Waals surface area contributed by atoms with Crippen LogP contribution in [0.2, 0.25) is 0 Å². The zero-order valence-electron chi connectivity index (χ0n) is 8.03. The molecule has 0 fully saturated rings. The third kappa shape index (κ3) is 2.45. The smallest absolute Gasteiger partial charge is 0.353 e. The Kier molecular flexibility index (Phi) is 2.73. The zero-order valence-corrected chi connectivity index (χ0v) is 8.03. The summed E-state index contributed by atoms with van der Waals surface area (Å²) in [7, 11) is 0. The van der Waals surface area contributed by atoms with Gasteiger partial charge in [0.25, 0.3) is 0 Å². The molecule has 0 saturated carbocycles. The lowest BCUT2D eigenvalue weighted by atomic mass is 10.00. The minimum absolute atomic E-state index is 0.0159. The molecule has 1 unspecified atom stereocenters. The first-order valence-corrected chi connectivity index (χ1v) is 4.16. The van der Waals surface area contributed by atoms with Crippen molar-refractivity contribution in [1.29, 1.82) is 0 Å².